The zero-order valence-electron chi connectivity index (χ0n) is 15.4. The molecule has 1 aromatic heterocycles. The number of nitriles is 1. The Hall–Kier alpha value is -4.18. The van der Waals surface area contributed by atoms with E-state index in [4.69, 9.17) is 24.4 Å². The fourth-order valence-corrected chi connectivity index (χ4v) is 3.19. The average Bonchev–Trinajstić information content (AvgIpc) is 3.28. The maximum Gasteiger partial charge on any atom is 0.379 e. The zero-order valence-corrected chi connectivity index (χ0v) is 15.4. The van der Waals surface area contributed by atoms with Crippen LogP contribution in [0.4, 0.5) is 0 Å². The Labute approximate surface area is 166 Å². The van der Waals surface area contributed by atoms with Gasteiger partial charge in [0.1, 0.15) is 28.9 Å². The number of fused-ring (bicyclic) bond motifs is 1. The van der Waals surface area contributed by atoms with Crippen LogP contribution in [0.25, 0.3) is 0 Å². The van der Waals surface area contributed by atoms with E-state index in [9.17, 15) is 10.1 Å². The number of hydrogen-bond donors (Lipinski definition) is 1. The molecule has 0 radical (unpaired) electrons. The number of furan rings is 1. The lowest BCUT2D eigenvalue weighted by Crippen LogP contribution is -2.21. The van der Waals surface area contributed by atoms with Gasteiger partial charge in [0.05, 0.1) is 19.3 Å². The van der Waals surface area contributed by atoms with E-state index in [-0.39, 0.29) is 17.4 Å². The highest BCUT2D eigenvalue weighted by Gasteiger charge is 2.31. The Bertz CT molecular complexity index is 1130. The van der Waals surface area contributed by atoms with Crippen LogP contribution in [0.2, 0.25) is 0 Å². The molecule has 0 fully saturated rings. The van der Waals surface area contributed by atoms with Crippen molar-refractivity contribution in [1.29, 1.82) is 5.26 Å². The minimum Gasteiger partial charge on any atom is -0.497 e. The van der Waals surface area contributed by atoms with Gasteiger partial charge in [0.2, 0.25) is 11.6 Å². The Morgan fingerprint density at radius 2 is 1.90 bits per heavy atom. The average molecular weight is 388 g/mol. The molecule has 0 bridgehead atoms. The Kier molecular flexibility index (Phi) is 4.67. The quantitative estimate of drug-likeness (QED) is 0.536. The van der Waals surface area contributed by atoms with Crippen molar-refractivity contribution in [1.82, 2.24) is 0 Å². The van der Waals surface area contributed by atoms with Gasteiger partial charge in [-0.1, -0.05) is 18.2 Å². The van der Waals surface area contributed by atoms with Crippen molar-refractivity contribution < 1.29 is 23.4 Å². The second-order valence-electron chi connectivity index (χ2n) is 6.26. The maximum absolute atomic E-state index is 12.1. The molecule has 1 atom stereocenters. The van der Waals surface area contributed by atoms with E-state index in [1.54, 1.807) is 31.4 Å². The molecule has 0 amide bonds. The first-order valence-corrected chi connectivity index (χ1v) is 8.72. The lowest BCUT2D eigenvalue weighted by molar-refractivity contribution is 0.0701. The fraction of sp³-hybridized carbons (Fsp3) is 0.0909. The highest BCUT2D eigenvalue weighted by atomic mass is 16.5. The molecule has 2 heterocycles. The van der Waals surface area contributed by atoms with Gasteiger partial charge in [0.25, 0.3) is 0 Å². The summed E-state index contributed by atoms with van der Waals surface area (Å²) in [5.41, 5.74) is 7.90. The van der Waals surface area contributed by atoms with E-state index in [1.165, 1.54) is 12.3 Å². The van der Waals surface area contributed by atoms with Gasteiger partial charge in [0, 0.05) is 11.6 Å². The summed E-state index contributed by atoms with van der Waals surface area (Å²) in [5, 5.41) is 9.63. The number of ether oxygens (including phenoxy) is 3. The van der Waals surface area contributed by atoms with Crippen LogP contribution in [0, 0.1) is 11.3 Å². The first-order chi connectivity index (χ1) is 14.1. The monoisotopic (exact) mass is 388 g/mol. The summed E-state index contributed by atoms with van der Waals surface area (Å²) < 4.78 is 21.2. The van der Waals surface area contributed by atoms with Crippen molar-refractivity contribution >= 4 is 5.97 Å². The van der Waals surface area contributed by atoms with Crippen molar-refractivity contribution in [3.8, 4) is 23.3 Å². The highest BCUT2D eigenvalue weighted by Crippen LogP contribution is 2.43. The molecule has 1 aliphatic rings. The SMILES string of the molecule is COc1ccc(C2C(C#N)=C(N)Oc3cc(OC(=O)c4ccco4)ccc32)cc1. The van der Waals surface area contributed by atoms with E-state index >= 15 is 0 Å². The molecule has 7 nitrogen and oxygen atoms in total. The van der Waals surface area contributed by atoms with Crippen LogP contribution in [-0.4, -0.2) is 13.1 Å². The van der Waals surface area contributed by atoms with Crippen LogP contribution in [0.5, 0.6) is 17.2 Å². The van der Waals surface area contributed by atoms with Crippen LogP contribution in [0.1, 0.15) is 27.6 Å². The van der Waals surface area contributed by atoms with Crippen LogP contribution in [0.15, 0.2) is 76.7 Å². The first kappa shape index (κ1) is 18.2. The summed E-state index contributed by atoms with van der Waals surface area (Å²) in [5.74, 6) is 0.444. The van der Waals surface area contributed by atoms with Gasteiger partial charge in [0.15, 0.2) is 0 Å². The smallest absolute Gasteiger partial charge is 0.379 e. The molecule has 1 unspecified atom stereocenters. The predicted molar refractivity (Wildman–Crippen MR) is 102 cm³/mol. The lowest BCUT2D eigenvalue weighted by atomic mass is 9.83. The summed E-state index contributed by atoms with van der Waals surface area (Å²) in [4.78, 5) is 12.1. The van der Waals surface area contributed by atoms with Crippen LogP contribution in [-0.2, 0) is 0 Å². The van der Waals surface area contributed by atoms with Crippen LogP contribution < -0.4 is 19.9 Å². The Balaban J connectivity index is 1.70. The molecule has 2 aromatic carbocycles. The molecule has 4 rings (SSSR count). The number of esters is 1. The molecule has 0 saturated carbocycles. The second-order valence-corrected chi connectivity index (χ2v) is 6.26. The summed E-state index contributed by atoms with van der Waals surface area (Å²) >= 11 is 0. The number of carbonyl (C=O) groups is 1. The van der Waals surface area contributed by atoms with Gasteiger partial charge in [-0.2, -0.15) is 5.26 Å². The van der Waals surface area contributed by atoms with E-state index in [0.29, 0.717) is 17.1 Å². The van der Waals surface area contributed by atoms with Crippen molar-refractivity contribution in [2.75, 3.05) is 7.11 Å². The number of nitrogens with zero attached hydrogens (tertiary/aromatic N) is 1. The van der Waals surface area contributed by atoms with E-state index in [1.807, 2.05) is 24.3 Å². The summed E-state index contributed by atoms with van der Waals surface area (Å²) in [6.45, 7) is 0. The molecular weight excluding hydrogens is 372 g/mol. The third kappa shape index (κ3) is 3.39. The number of rotatable bonds is 4. The fourth-order valence-electron chi connectivity index (χ4n) is 3.19. The second kappa shape index (κ2) is 7.44. The largest absolute Gasteiger partial charge is 0.497 e. The van der Waals surface area contributed by atoms with Gasteiger partial charge in [-0.25, -0.2) is 4.79 Å². The number of nitrogens with two attached hydrogens (primary N) is 1. The van der Waals surface area contributed by atoms with Gasteiger partial charge in [-0.15, -0.1) is 0 Å². The lowest BCUT2D eigenvalue weighted by Gasteiger charge is -2.26. The van der Waals surface area contributed by atoms with E-state index < -0.39 is 11.9 Å². The number of carbonyl (C=O) groups excluding carboxylic acids is 1. The maximum atomic E-state index is 12.1. The van der Waals surface area contributed by atoms with Crippen molar-refractivity contribution in [3.05, 3.63) is 89.2 Å². The van der Waals surface area contributed by atoms with Gasteiger partial charge < -0.3 is 24.4 Å². The van der Waals surface area contributed by atoms with Gasteiger partial charge in [-0.3, -0.25) is 0 Å². The van der Waals surface area contributed by atoms with Crippen molar-refractivity contribution in [2.24, 2.45) is 5.73 Å². The number of hydrogen-bond acceptors (Lipinski definition) is 7. The molecule has 29 heavy (non-hydrogen) atoms. The predicted octanol–water partition coefficient (Wildman–Crippen LogP) is 3.73. The topological polar surface area (TPSA) is 108 Å². The van der Waals surface area contributed by atoms with Gasteiger partial charge in [-0.05, 0) is 35.9 Å². The molecule has 144 valence electrons. The summed E-state index contributed by atoms with van der Waals surface area (Å²) in [6.07, 6.45) is 1.39. The van der Waals surface area contributed by atoms with Crippen LogP contribution in [0.3, 0.4) is 0 Å². The molecule has 1 aliphatic heterocycles. The van der Waals surface area contributed by atoms with Crippen molar-refractivity contribution in [2.45, 2.75) is 5.92 Å². The summed E-state index contributed by atoms with van der Waals surface area (Å²) in [7, 11) is 1.59. The number of benzene rings is 2. The Morgan fingerprint density at radius 1 is 1.14 bits per heavy atom. The first-order valence-electron chi connectivity index (χ1n) is 8.72. The van der Waals surface area contributed by atoms with Gasteiger partial charge >= 0.3 is 5.97 Å². The molecule has 0 saturated heterocycles. The van der Waals surface area contributed by atoms with E-state index in [0.717, 1.165) is 11.1 Å². The van der Waals surface area contributed by atoms with Crippen LogP contribution >= 0.6 is 0 Å². The molecular formula is C22H16N2O5. The molecule has 0 spiro atoms. The van der Waals surface area contributed by atoms with Crippen molar-refractivity contribution in [3.63, 3.8) is 0 Å². The molecule has 7 heteroatoms. The summed E-state index contributed by atoms with van der Waals surface area (Å²) in [6, 6.07) is 17.6. The molecule has 2 N–H and O–H groups in total. The standard InChI is InChI=1S/C22H16N2O5/c1-26-14-6-4-13(5-7-14)20-16-9-8-15(28-22(25)18-3-2-10-27-18)11-19(16)29-21(24)17(20)12-23/h2-11,20H,24H2,1H3. The molecule has 0 aliphatic carbocycles. The third-order valence-electron chi connectivity index (χ3n) is 4.57. The Morgan fingerprint density at radius 3 is 2.55 bits per heavy atom. The number of allylic oxidation sites excluding steroid dienone is 1. The minimum atomic E-state index is -0.626. The number of methoxy groups -OCH3 is 1. The zero-order chi connectivity index (χ0) is 20.4. The minimum absolute atomic E-state index is 0.00956. The third-order valence-corrected chi connectivity index (χ3v) is 4.57. The normalized spacial score (nSPS) is 15.1. The molecule has 3 aromatic rings. The highest BCUT2D eigenvalue weighted by molar-refractivity contribution is 5.88. The van der Waals surface area contributed by atoms with E-state index in [2.05, 4.69) is 6.07 Å².